The molecule has 0 N–H and O–H groups in total. The maximum atomic E-state index is 10.8. The van der Waals surface area contributed by atoms with Crippen LogP contribution in [0.3, 0.4) is 0 Å². The van der Waals surface area contributed by atoms with E-state index in [-0.39, 0.29) is 5.97 Å². The number of carbonyl (C=O) groups is 1. The van der Waals surface area contributed by atoms with Gasteiger partial charge in [-0.3, -0.25) is 4.79 Å². The lowest BCUT2D eigenvalue weighted by molar-refractivity contribution is -0.136. The topological polar surface area (TPSA) is 26.3 Å². The summed E-state index contributed by atoms with van der Waals surface area (Å²) in [5, 5.41) is 0. The molecule has 1 aliphatic rings. The number of allylic oxidation sites excluding steroid dienone is 1. The van der Waals surface area contributed by atoms with Crippen LogP contribution in [-0.2, 0) is 16.0 Å². The number of carbonyl (C=O) groups excluding carboxylic acids is 1. The van der Waals surface area contributed by atoms with Crippen molar-refractivity contribution in [3.63, 3.8) is 0 Å². The van der Waals surface area contributed by atoms with Gasteiger partial charge in [0.25, 0.3) is 0 Å². The molecule has 0 saturated carbocycles. The zero-order valence-electron chi connectivity index (χ0n) is 7.19. The van der Waals surface area contributed by atoms with Crippen LogP contribution in [0.15, 0.2) is 42.2 Å². The van der Waals surface area contributed by atoms with E-state index in [0.29, 0.717) is 12.8 Å². The van der Waals surface area contributed by atoms with Gasteiger partial charge in [-0.25, -0.2) is 0 Å². The first-order valence-corrected chi connectivity index (χ1v) is 4.28. The van der Waals surface area contributed by atoms with Gasteiger partial charge in [-0.1, -0.05) is 30.3 Å². The molecule has 0 fully saturated rings. The lowest BCUT2D eigenvalue weighted by Crippen LogP contribution is -1.96. The number of hydrogen-bond donors (Lipinski definition) is 0. The molecule has 1 heterocycles. The number of ether oxygens (including phenoxy) is 1. The highest BCUT2D eigenvalue weighted by Gasteiger charge is 2.13. The number of benzene rings is 1. The predicted molar refractivity (Wildman–Crippen MR) is 48.9 cm³/mol. The maximum Gasteiger partial charge on any atom is 0.314 e. The fourth-order valence-electron chi connectivity index (χ4n) is 1.33. The first kappa shape index (κ1) is 8.05. The fourth-order valence-corrected chi connectivity index (χ4v) is 1.33. The molecule has 1 aliphatic heterocycles. The summed E-state index contributed by atoms with van der Waals surface area (Å²) in [5.74, 6) is 0.627. The minimum absolute atomic E-state index is 0.147. The van der Waals surface area contributed by atoms with Gasteiger partial charge >= 0.3 is 5.97 Å². The molecular weight excluding hydrogens is 164 g/mol. The molecule has 2 rings (SSSR count). The Morgan fingerprint density at radius 1 is 1.23 bits per heavy atom. The lowest BCUT2D eigenvalue weighted by Gasteiger charge is -2.01. The summed E-state index contributed by atoms with van der Waals surface area (Å²) in [4.78, 5) is 10.8. The maximum absolute atomic E-state index is 10.8. The highest BCUT2D eigenvalue weighted by atomic mass is 16.5. The van der Waals surface area contributed by atoms with Crippen LogP contribution < -0.4 is 0 Å². The van der Waals surface area contributed by atoms with Crippen LogP contribution in [-0.4, -0.2) is 5.97 Å². The van der Waals surface area contributed by atoms with Crippen LogP contribution in [0.5, 0.6) is 0 Å². The van der Waals surface area contributed by atoms with Crippen LogP contribution in [0.2, 0.25) is 0 Å². The molecule has 0 spiro atoms. The molecule has 0 radical (unpaired) electrons. The van der Waals surface area contributed by atoms with Gasteiger partial charge in [0, 0.05) is 6.42 Å². The molecule has 2 heteroatoms. The number of hydrogen-bond acceptors (Lipinski definition) is 2. The smallest absolute Gasteiger partial charge is 0.314 e. The van der Waals surface area contributed by atoms with Crippen LogP contribution in [0.25, 0.3) is 0 Å². The predicted octanol–water partition coefficient (Wildman–Crippen LogP) is 2.06. The van der Waals surface area contributed by atoms with E-state index in [0.717, 1.165) is 5.76 Å². The molecule has 0 aromatic heterocycles. The van der Waals surface area contributed by atoms with Gasteiger partial charge in [-0.2, -0.15) is 0 Å². The molecule has 0 aliphatic carbocycles. The largest absolute Gasteiger partial charge is 0.431 e. The molecule has 1 aromatic carbocycles. The Hall–Kier alpha value is -1.57. The Balaban J connectivity index is 2.04. The zero-order valence-corrected chi connectivity index (χ0v) is 7.19. The minimum atomic E-state index is -0.147. The lowest BCUT2D eigenvalue weighted by atomic mass is 10.1. The highest BCUT2D eigenvalue weighted by Crippen LogP contribution is 2.15. The van der Waals surface area contributed by atoms with Crippen LogP contribution in [0.1, 0.15) is 12.0 Å². The van der Waals surface area contributed by atoms with Crippen molar-refractivity contribution >= 4 is 5.97 Å². The van der Waals surface area contributed by atoms with Crippen molar-refractivity contribution in [2.75, 3.05) is 0 Å². The molecule has 13 heavy (non-hydrogen) atoms. The second kappa shape index (κ2) is 3.44. The Morgan fingerprint density at radius 2 is 2.00 bits per heavy atom. The molecule has 66 valence electrons. The van der Waals surface area contributed by atoms with Crippen molar-refractivity contribution < 1.29 is 9.53 Å². The Labute approximate surface area is 76.8 Å². The second-order valence-electron chi connectivity index (χ2n) is 3.01. The standard InChI is InChI=1S/C11H10O2/c12-11-7-6-10(13-11)8-9-4-2-1-3-5-9/h1-6H,7-8H2. The van der Waals surface area contributed by atoms with E-state index >= 15 is 0 Å². The van der Waals surface area contributed by atoms with Gasteiger partial charge in [0.05, 0.1) is 6.42 Å². The molecule has 1 aromatic rings. The molecule has 2 nitrogen and oxygen atoms in total. The summed E-state index contributed by atoms with van der Waals surface area (Å²) in [6, 6.07) is 9.97. The summed E-state index contributed by atoms with van der Waals surface area (Å²) < 4.78 is 4.99. The van der Waals surface area contributed by atoms with Gasteiger partial charge in [0.15, 0.2) is 0 Å². The third kappa shape index (κ3) is 1.96. The van der Waals surface area contributed by atoms with Crippen molar-refractivity contribution in [2.24, 2.45) is 0 Å². The molecule has 0 bridgehead atoms. The van der Waals surface area contributed by atoms with Crippen molar-refractivity contribution in [1.82, 2.24) is 0 Å². The van der Waals surface area contributed by atoms with Gasteiger partial charge in [-0.05, 0) is 11.6 Å². The molecular formula is C11H10O2. The molecule has 0 atom stereocenters. The van der Waals surface area contributed by atoms with E-state index < -0.39 is 0 Å². The molecule has 0 unspecified atom stereocenters. The van der Waals surface area contributed by atoms with E-state index in [2.05, 4.69) is 0 Å². The van der Waals surface area contributed by atoms with Gasteiger partial charge < -0.3 is 4.74 Å². The summed E-state index contributed by atoms with van der Waals surface area (Å²) in [6.45, 7) is 0. The molecule has 0 amide bonds. The van der Waals surface area contributed by atoms with Crippen LogP contribution in [0, 0.1) is 0 Å². The summed E-state index contributed by atoms with van der Waals surface area (Å²) in [5.41, 5.74) is 1.17. The quantitative estimate of drug-likeness (QED) is 0.641. The summed E-state index contributed by atoms with van der Waals surface area (Å²) in [7, 11) is 0. The number of cyclic esters (lactones) is 1. The minimum Gasteiger partial charge on any atom is -0.431 e. The van der Waals surface area contributed by atoms with Crippen LogP contribution >= 0.6 is 0 Å². The van der Waals surface area contributed by atoms with E-state index in [9.17, 15) is 4.79 Å². The first-order valence-electron chi connectivity index (χ1n) is 4.28. The van der Waals surface area contributed by atoms with Gasteiger partial charge in [-0.15, -0.1) is 0 Å². The third-order valence-corrected chi connectivity index (χ3v) is 1.96. The van der Waals surface area contributed by atoms with Crippen molar-refractivity contribution in [3.8, 4) is 0 Å². The Morgan fingerprint density at radius 3 is 2.62 bits per heavy atom. The zero-order chi connectivity index (χ0) is 9.10. The molecule has 0 saturated heterocycles. The van der Waals surface area contributed by atoms with E-state index in [1.165, 1.54) is 5.56 Å². The second-order valence-corrected chi connectivity index (χ2v) is 3.01. The Kier molecular flexibility index (Phi) is 2.13. The highest BCUT2D eigenvalue weighted by molar-refractivity contribution is 5.75. The average Bonchev–Trinajstić information content (AvgIpc) is 2.53. The van der Waals surface area contributed by atoms with Crippen molar-refractivity contribution in [1.29, 1.82) is 0 Å². The summed E-state index contributed by atoms with van der Waals surface area (Å²) >= 11 is 0. The Bertz CT molecular complexity index is 338. The monoisotopic (exact) mass is 174 g/mol. The van der Waals surface area contributed by atoms with Gasteiger partial charge in [0.1, 0.15) is 5.76 Å². The number of rotatable bonds is 2. The van der Waals surface area contributed by atoms with Crippen molar-refractivity contribution in [3.05, 3.63) is 47.7 Å². The van der Waals surface area contributed by atoms with Gasteiger partial charge in [0.2, 0.25) is 0 Å². The third-order valence-electron chi connectivity index (χ3n) is 1.96. The van der Waals surface area contributed by atoms with E-state index in [1.807, 2.05) is 36.4 Å². The normalized spacial score (nSPS) is 15.4. The fraction of sp³-hybridized carbons (Fsp3) is 0.182. The average molecular weight is 174 g/mol. The first-order chi connectivity index (χ1) is 6.34. The number of esters is 1. The van der Waals surface area contributed by atoms with E-state index in [1.54, 1.807) is 0 Å². The SMILES string of the molecule is O=C1CC=C(Cc2ccccc2)O1. The van der Waals surface area contributed by atoms with E-state index in [4.69, 9.17) is 4.74 Å². The van der Waals surface area contributed by atoms with Crippen molar-refractivity contribution in [2.45, 2.75) is 12.8 Å². The van der Waals surface area contributed by atoms with Crippen LogP contribution in [0.4, 0.5) is 0 Å². The summed E-state index contributed by atoms with van der Waals surface area (Å²) in [6.07, 6.45) is 2.98.